The molecule has 0 saturated carbocycles. The molecule has 2 rings (SSSR count). The molecule has 0 unspecified atom stereocenters. The third kappa shape index (κ3) is 5.12. The molecule has 7 heteroatoms. The molecule has 0 heterocycles. The van der Waals surface area contributed by atoms with Gasteiger partial charge in [0.2, 0.25) is 0 Å². The maximum absolute atomic E-state index is 12.1. The van der Waals surface area contributed by atoms with Crippen LogP contribution >= 0.6 is 11.6 Å². The Labute approximate surface area is 151 Å². The Morgan fingerprint density at radius 2 is 2.04 bits per heavy atom. The number of nitrogens with one attached hydrogen (secondary N) is 1. The summed E-state index contributed by atoms with van der Waals surface area (Å²) < 4.78 is 10.6. The Hall–Kier alpha value is -2.73. The number of rotatable bonds is 6. The average Bonchev–Trinajstić information content (AvgIpc) is 2.58. The summed E-state index contributed by atoms with van der Waals surface area (Å²) in [5.41, 5.74) is 3.91. The van der Waals surface area contributed by atoms with Crippen LogP contribution in [0.15, 0.2) is 41.5 Å². The SMILES string of the molecule is COc1cc(/C=N/NC(=O)[C@H](C)Oc2ccc(Cl)cc2C)ccc1O. The molecule has 2 aromatic rings. The fourth-order valence-electron chi connectivity index (χ4n) is 2.02. The van der Waals surface area contributed by atoms with Gasteiger partial charge >= 0.3 is 0 Å². The minimum Gasteiger partial charge on any atom is -0.504 e. The number of halogens is 1. The van der Waals surface area contributed by atoms with Gasteiger partial charge in [-0.15, -0.1) is 0 Å². The zero-order valence-electron chi connectivity index (χ0n) is 14.1. The van der Waals surface area contributed by atoms with Gasteiger partial charge in [0.15, 0.2) is 17.6 Å². The molecule has 25 heavy (non-hydrogen) atoms. The fraction of sp³-hybridized carbons (Fsp3) is 0.222. The van der Waals surface area contributed by atoms with Crippen molar-refractivity contribution in [1.82, 2.24) is 5.43 Å². The Bertz CT molecular complexity index is 793. The van der Waals surface area contributed by atoms with Crippen molar-refractivity contribution < 1.29 is 19.4 Å². The number of ether oxygens (including phenoxy) is 2. The number of aromatic hydroxyl groups is 1. The first-order valence-electron chi connectivity index (χ1n) is 7.53. The largest absolute Gasteiger partial charge is 0.504 e. The summed E-state index contributed by atoms with van der Waals surface area (Å²) in [4.78, 5) is 12.1. The molecule has 6 nitrogen and oxygen atoms in total. The van der Waals surface area contributed by atoms with Gasteiger partial charge in [-0.3, -0.25) is 4.79 Å². The molecule has 0 aliphatic rings. The number of aryl methyl sites for hydroxylation is 1. The monoisotopic (exact) mass is 362 g/mol. The number of hydrogen-bond acceptors (Lipinski definition) is 5. The van der Waals surface area contributed by atoms with Crippen molar-refractivity contribution in [1.29, 1.82) is 0 Å². The van der Waals surface area contributed by atoms with E-state index in [9.17, 15) is 9.90 Å². The van der Waals surface area contributed by atoms with E-state index in [1.807, 2.05) is 6.92 Å². The van der Waals surface area contributed by atoms with Gasteiger partial charge in [0.25, 0.3) is 5.91 Å². The number of benzene rings is 2. The van der Waals surface area contributed by atoms with Crippen LogP contribution in [0.3, 0.4) is 0 Å². The molecule has 0 aliphatic heterocycles. The van der Waals surface area contributed by atoms with Gasteiger partial charge in [-0.1, -0.05) is 11.6 Å². The molecule has 1 atom stereocenters. The molecule has 2 N–H and O–H groups in total. The van der Waals surface area contributed by atoms with E-state index in [0.717, 1.165) is 5.56 Å². The molecule has 0 spiro atoms. The Balaban J connectivity index is 1.94. The second-order valence-corrected chi connectivity index (χ2v) is 5.77. The van der Waals surface area contributed by atoms with Crippen LogP contribution in [0.1, 0.15) is 18.1 Å². The van der Waals surface area contributed by atoms with Crippen LogP contribution in [0, 0.1) is 6.92 Å². The van der Waals surface area contributed by atoms with Crippen LogP contribution < -0.4 is 14.9 Å². The lowest BCUT2D eigenvalue weighted by Crippen LogP contribution is -2.33. The minimum atomic E-state index is -0.730. The van der Waals surface area contributed by atoms with Crippen LogP contribution in [0.2, 0.25) is 5.02 Å². The van der Waals surface area contributed by atoms with Crippen molar-refractivity contribution in [2.24, 2.45) is 5.10 Å². The predicted molar refractivity (Wildman–Crippen MR) is 96.7 cm³/mol. The molecule has 1 amide bonds. The maximum Gasteiger partial charge on any atom is 0.280 e. The van der Waals surface area contributed by atoms with Crippen LogP contribution in [0.5, 0.6) is 17.2 Å². The number of hydrogen-bond donors (Lipinski definition) is 2. The number of hydrazone groups is 1. The number of phenolic OH excluding ortho intramolecular Hbond substituents is 1. The van der Waals surface area contributed by atoms with Crippen molar-refractivity contribution in [2.75, 3.05) is 7.11 Å². The highest BCUT2D eigenvalue weighted by Crippen LogP contribution is 2.25. The number of nitrogens with zero attached hydrogens (tertiary/aromatic N) is 1. The molecule has 0 aliphatic carbocycles. The number of phenols is 1. The summed E-state index contributed by atoms with van der Waals surface area (Å²) in [5.74, 6) is 0.546. The molecular weight excluding hydrogens is 344 g/mol. The zero-order chi connectivity index (χ0) is 18.4. The Morgan fingerprint density at radius 1 is 1.28 bits per heavy atom. The van der Waals surface area contributed by atoms with E-state index >= 15 is 0 Å². The Morgan fingerprint density at radius 3 is 2.72 bits per heavy atom. The lowest BCUT2D eigenvalue weighted by molar-refractivity contribution is -0.127. The van der Waals surface area contributed by atoms with Crippen molar-refractivity contribution in [2.45, 2.75) is 20.0 Å². The summed E-state index contributed by atoms with van der Waals surface area (Å²) in [5, 5.41) is 14.0. The summed E-state index contributed by atoms with van der Waals surface area (Å²) in [6.07, 6.45) is 0.714. The van der Waals surface area contributed by atoms with E-state index in [1.54, 1.807) is 37.3 Å². The van der Waals surface area contributed by atoms with E-state index in [0.29, 0.717) is 22.1 Å². The van der Waals surface area contributed by atoms with E-state index in [1.165, 1.54) is 19.4 Å². The molecular formula is C18H19ClN2O4. The van der Waals surface area contributed by atoms with Crippen LogP contribution in [-0.2, 0) is 4.79 Å². The molecule has 0 bridgehead atoms. The predicted octanol–water partition coefficient (Wildman–Crippen LogP) is 3.28. The molecule has 0 fully saturated rings. The van der Waals surface area contributed by atoms with Crippen molar-refractivity contribution >= 4 is 23.7 Å². The third-order valence-corrected chi connectivity index (χ3v) is 3.64. The van der Waals surface area contributed by atoms with E-state index in [4.69, 9.17) is 21.1 Å². The summed E-state index contributed by atoms with van der Waals surface area (Å²) in [6.45, 7) is 3.48. The van der Waals surface area contributed by atoms with Crippen molar-refractivity contribution in [3.63, 3.8) is 0 Å². The quantitative estimate of drug-likeness (QED) is 0.610. The third-order valence-electron chi connectivity index (χ3n) is 3.40. The van der Waals surface area contributed by atoms with Gasteiger partial charge < -0.3 is 14.6 Å². The van der Waals surface area contributed by atoms with Gasteiger partial charge in [-0.2, -0.15) is 5.10 Å². The highest BCUT2D eigenvalue weighted by atomic mass is 35.5. The molecule has 0 saturated heterocycles. The van der Waals surface area contributed by atoms with E-state index in [2.05, 4.69) is 10.5 Å². The van der Waals surface area contributed by atoms with E-state index < -0.39 is 12.0 Å². The second-order valence-electron chi connectivity index (χ2n) is 5.34. The lowest BCUT2D eigenvalue weighted by atomic mass is 10.2. The first-order chi connectivity index (χ1) is 11.9. The average molecular weight is 363 g/mol. The van der Waals surface area contributed by atoms with Gasteiger partial charge in [-0.25, -0.2) is 5.43 Å². The summed E-state index contributed by atoms with van der Waals surface area (Å²) in [7, 11) is 1.45. The highest BCUT2D eigenvalue weighted by molar-refractivity contribution is 6.30. The minimum absolute atomic E-state index is 0.0315. The van der Waals surface area contributed by atoms with Crippen LogP contribution in [-0.4, -0.2) is 30.4 Å². The second kappa shape index (κ2) is 8.39. The van der Waals surface area contributed by atoms with Gasteiger partial charge in [0.1, 0.15) is 5.75 Å². The van der Waals surface area contributed by atoms with Gasteiger partial charge in [0, 0.05) is 5.02 Å². The van der Waals surface area contributed by atoms with Crippen molar-refractivity contribution in [3.8, 4) is 17.2 Å². The smallest absolute Gasteiger partial charge is 0.280 e. The first kappa shape index (κ1) is 18.6. The molecule has 132 valence electrons. The topological polar surface area (TPSA) is 80.2 Å². The summed E-state index contributed by atoms with van der Waals surface area (Å²) in [6, 6.07) is 9.90. The maximum atomic E-state index is 12.1. The number of methoxy groups -OCH3 is 1. The summed E-state index contributed by atoms with van der Waals surface area (Å²) >= 11 is 5.90. The van der Waals surface area contributed by atoms with Crippen LogP contribution in [0.4, 0.5) is 0 Å². The first-order valence-corrected chi connectivity index (χ1v) is 7.91. The van der Waals surface area contributed by atoms with Crippen LogP contribution in [0.25, 0.3) is 0 Å². The fourth-order valence-corrected chi connectivity index (χ4v) is 2.25. The number of amides is 1. The number of carbonyl (C=O) groups is 1. The van der Waals surface area contributed by atoms with Crippen molar-refractivity contribution in [3.05, 3.63) is 52.5 Å². The molecule has 2 aromatic carbocycles. The molecule has 0 aromatic heterocycles. The number of carbonyl (C=O) groups excluding carboxylic acids is 1. The normalized spacial score (nSPS) is 12.0. The lowest BCUT2D eigenvalue weighted by Gasteiger charge is -2.14. The Kier molecular flexibility index (Phi) is 6.25. The molecule has 0 radical (unpaired) electrons. The van der Waals surface area contributed by atoms with Gasteiger partial charge in [0.05, 0.1) is 13.3 Å². The van der Waals surface area contributed by atoms with Gasteiger partial charge in [-0.05, 0) is 61.4 Å². The zero-order valence-corrected chi connectivity index (χ0v) is 14.9. The standard InChI is InChI=1S/C18H19ClN2O4/c1-11-8-14(19)5-7-16(11)25-12(2)18(23)21-20-10-13-4-6-15(22)17(9-13)24-3/h4-10,12,22H,1-3H3,(H,21,23)/b20-10+/t12-/m0/s1. The highest BCUT2D eigenvalue weighted by Gasteiger charge is 2.15. The van der Waals surface area contributed by atoms with E-state index in [-0.39, 0.29) is 5.75 Å².